The first-order chi connectivity index (χ1) is 11.3. The number of aryl methyl sites for hydroxylation is 4. The minimum absolute atomic E-state index is 0.0925. The number of hydrogen-bond donors (Lipinski definition) is 2. The van der Waals surface area contributed by atoms with Crippen LogP contribution < -0.4 is 11.5 Å². The number of hydrogen-bond acceptors (Lipinski definition) is 3. The molecule has 0 aliphatic carbocycles. The van der Waals surface area contributed by atoms with Crippen LogP contribution >= 0.6 is 0 Å². The molecule has 2 atom stereocenters. The standard InChI is InChI=1S/C20H28N3.Ni/c1-13-7-5-8-14(2)19(13)17(21)11-23-12-18(22)20-15(3)9-6-10-16(20)4;/h5-10,17-18H,11-12,21-22H2,1-4H3;/q-1;+1. The van der Waals surface area contributed by atoms with Crippen LogP contribution in [0.3, 0.4) is 0 Å². The van der Waals surface area contributed by atoms with Crippen LogP contribution in [0.1, 0.15) is 45.5 Å². The van der Waals surface area contributed by atoms with E-state index < -0.39 is 0 Å². The van der Waals surface area contributed by atoms with Gasteiger partial charge in [0, 0.05) is 0 Å². The van der Waals surface area contributed by atoms with Crippen LogP contribution in [0.5, 0.6) is 0 Å². The average Bonchev–Trinajstić information content (AvgIpc) is 2.46. The molecule has 0 aromatic heterocycles. The summed E-state index contributed by atoms with van der Waals surface area (Å²) in [5.41, 5.74) is 20.1. The molecule has 2 unspecified atom stereocenters. The Hall–Kier alpha value is -1.19. The van der Waals surface area contributed by atoms with Crippen LogP contribution in [0.25, 0.3) is 0 Å². The Morgan fingerprint density at radius 2 is 1.04 bits per heavy atom. The van der Waals surface area contributed by atoms with Gasteiger partial charge in [-0.2, -0.15) is 0 Å². The molecule has 0 spiro atoms. The summed E-state index contributed by atoms with van der Waals surface area (Å²) in [4.78, 5) is 0. The number of benzene rings is 2. The second-order valence-corrected chi connectivity index (χ2v) is 7.24. The van der Waals surface area contributed by atoms with E-state index in [1.165, 1.54) is 33.4 Å². The molecule has 0 aliphatic rings. The van der Waals surface area contributed by atoms with Gasteiger partial charge in [-0.15, -0.1) is 0 Å². The molecule has 2 aromatic rings. The Kier molecular flexibility index (Phi) is 6.59. The quantitative estimate of drug-likeness (QED) is 0.768. The predicted octanol–water partition coefficient (Wildman–Crippen LogP) is 3.38. The monoisotopic (exact) mass is 368 g/mol. The van der Waals surface area contributed by atoms with E-state index in [2.05, 4.69) is 64.1 Å². The van der Waals surface area contributed by atoms with Crippen molar-refractivity contribution in [3.05, 3.63) is 69.8 Å². The molecule has 4 N–H and O–H groups in total. The molecule has 0 radical (unpaired) electrons. The fourth-order valence-corrected chi connectivity index (χ4v) is 3.87. The maximum absolute atomic E-state index is 6.43. The van der Waals surface area contributed by atoms with Crippen molar-refractivity contribution >= 4 is 0 Å². The van der Waals surface area contributed by atoms with Crippen molar-refractivity contribution in [1.29, 1.82) is 0 Å². The van der Waals surface area contributed by atoms with Crippen molar-refractivity contribution in [2.24, 2.45) is 11.5 Å². The van der Waals surface area contributed by atoms with E-state index in [4.69, 9.17) is 27.1 Å². The van der Waals surface area contributed by atoms with Crippen LogP contribution in [-0.4, -0.2) is 17.1 Å². The van der Waals surface area contributed by atoms with Crippen molar-refractivity contribution in [3.8, 4) is 0 Å². The first-order valence-electron chi connectivity index (χ1n) is 8.32. The Bertz CT molecular complexity index is 599. The van der Waals surface area contributed by atoms with Crippen molar-refractivity contribution in [1.82, 2.24) is 3.98 Å². The van der Waals surface area contributed by atoms with Crippen molar-refractivity contribution < 1.29 is 15.7 Å². The van der Waals surface area contributed by atoms with Gasteiger partial charge in [0.15, 0.2) is 0 Å². The molecular weight excluding hydrogens is 341 g/mol. The molecule has 0 saturated heterocycles. The zero-order valence-corrected chi connectivity index (χ0v) is 15.9. The Morgan fingerprint density at radius 3 is 1.33 bits per heavy atom. The summed E-state index contributed by atoms with van der Waals surface area (Å²) < 4.78 is 1.87. The van der Waals surface area contributed by atoms with Crippen molar-refractivity contribution in [2.75, 3.05) is 13.1 Å². The van der Waals surface area contributed by atoms with Gasteiger partial charge in [-0.1, -0.05) is 0 Å². The van der Waals surface area contributed by atoms with Gasteiger partial charge in [0.25, 0.3) is 0 Å². The van der Waals surface area contributed by atoms with Gasteiger partial charge in [-0.05, 0) is 0 Å². The number of rotatable bonds is 6. The molecule has 0 bridgehead atoms. The summed E-state index contributed by atoms with van der Waals surface area (Å²) >= 11 is 5.19. The van der Waals surface area contributed by atoms with Gasteiger partial charge >= 0.3 is 154 Å². The van der Waals surface area contributed by atoms with Gasteiger partial charge < -0.3 is 0 Å². The first-order valence-corrected chi connectivity index (χ1v) is 8.76. The fraction of sp³-hybridized carbons (Fsp3) is 0.400. The van der Waals surface area contributed by atoms with Crippen LogP contribution in [-0.2, 0) is 15.7 Å². The van der Waals surface area contributed by atoms with Gasteiger partial charge in [0.2, 0.25) is 0 Å². The van der Waals surface area contributed by atoms with E-state index in [0.29, 0.717) is 13.1 Å². The Balaban J connectivity index is 2.06. The van der Waals surface area contributed by atoms with Crippen LogP contribution in [0, 0.1) is 27.7 Å². The molecule has 4 heteroatoms. The Morgan fingerprint density at radius 1 is 0.750 bits per heavy atom. The van der Waals surface area contributed by atoms with Crippen LogP contribution in [0.15, 0.2) is 36.4 Å². The molecule has 0 aliphatic heterocycles. The van der Waals surface area contributed by atoms with E-state index in [1.54, 1.807) is 0 Å². The van der Waals surface area contributed by atoms with E-state index in [9.17, 15) is 0 Å². The van der Waals surface area contributed by atoms with Gasteiger partial charge in [0.05, 0.1) is 0 Å². The van der Waals surface area contributed by atoms with Crippen LogP contribution in [0.2, 0.25) is 0 Å². The third kappa shape index (κ3) is 4.46. The first kappa shape index (κ1) is 19.1. The maximum atomic E-state index is 6.43. The minimum atomic E-state index is -0.0925. The topological polar surface area (TPSA) is 55.3 Å². The molecule has 24 heavy (non-hydrogen) atoms. The third-order valence-electron chi connectivity index (χ3n) is 4.59. The van der Waals surface area contributed by atoms with E-state index in [-0.39, 0.29) is 12.1 Å². The summed E-state index contributed by atoms with van der Waals surface area (Å²) in [5.74, 6) is 0. The summed E-state index contributed by atoms with van der Waals surface area (Å²) in [6.45, 7) is 9.65. The molecule has 133 valence electrons. The predicted molar refractivity (Wildman–Crippen MR) is 97.3 cm³/mol. The van der Waals surface area contributed by atoms with Crippen molar-refractivity contribution in [3.63, 3.8) is 0 Å². The third-order valence-corrected chi connectivity index (χ3v) is 4.95. The van der Waals surface area contributed by atoms with E-state index in [0.717, 1.165) is 0 Å². The molecule has 3 nitrogen and oxygen atoms in total. The zero-order chi connectivity index (χ0) is 17.9. The van der Waals surface area contributed by atoms with Gasteiger partial charge in [0.1, 0.15) is 0 Å². The second-order valence-electron chi connectivity index (χ2n) is 6.61. The molecular formula is C20H28N3Ni. The summed E-state index contributed by atoms with van der Waals surface area (Å²) in [7, 11) is 0. The van der Waals surface area contributed by atoms with Gasteiger partial charge in [-0.25, -0.2) is 0 Å². The second kappa shape index (κ2) is 8.26. The molecule has 0 amide bonds. The normalized spacial score (nSPS) is 14.0. The average molecular weight is 369 g/mol. The Labute approximate surface area is 154 Å². The zero-order valence-electron chi connectivity index (χ0n) is 15.0. The van der Waals surface area contributed by atoms with E-state index in [1.807, 2.05) is 3.98 Å². The van der Waals surface area contributed by atoms with E-state index >= 15 is 0 Å². The molecule has 0 saturated carbocycles. The van der Waals surface area contributed by atoms with Gasteiger partial charge in [-0.3, -0.25) is 0 Å². The molecule has 2 aromatic carbocycles. The van der Waals surface area contributed by atoms with Crippen LogP contribution in [0.4, 0.5) is 0 Å². The number of nitrogens with two attached hydrogens (primary N) is 2. The SMILES string of the molecule is Cc1cccc(C)c1C(N)C[N]([Ni])CC(N)c1c(C)cccc1C. The fourth-order valence-electron chi connectivity index (χ4n) is 3.48. The molecule has 2 rings (SSSR count). The van der Waals surface area contributed by atoms with Crippen molar-refractivity contribution in [2.45, 2.75) is 39.8 Å². The summed E-state index contributed by atoms with van der Waals surface area (Å²) in [5, 5.41) is 0. The molecule has 0 fully saturated rings. The molecule has 0 heterocycles. The number of nitrogens with zero attached hydrogens (tertiary/aromatic N) is 1. The summed E-state index contributed by atoms with van der Waals surface area (Å²) in [6.07, 6.45) is 0. The summed E-state index contributed by atoms with van der Waals surface area (Å²) in [6, 6.07) is 12.3.